The number of hydrogen-bond acceptors (Lipinski definition) is 2. The summed E-state index contributed by atoms with van der Waals surface area (Å²) in [4.78, 5) is 12.6. The zero-order chi connectivity index (χ0) is 23.4. The number of aromatic hydroxyl groups is 1. The summed E-state index contributed by atoms with van der Waals surface area (Å²) >= 11 is 0. The fourth-order valence-electron chi connectivity index (χ4n) is 4.57. The van der Waals surface area contributed by atoms with Crippen LogP contribution in [0.15, 0.2) is 78.9 Å². The van der Waals surface area contributed by atoms with Crippen molar-refractivity contribution in [1.29, 1.82) is 0 Å². The van der Waals surface area contributed by atoms with Crippen LogP contribution >= 0.6 is 0 Å². The maximum absolute atomic E-state index is 12.6. The van der Waals surface area contributed by atoms with Crippen LogP contribution < -0.4 is 5.73 Å². The molecule has 1 amide bonds. The molecule has 0 radical (unpaired) electrons. The molecule has 0 aliphatic heterocycles. The van der Waals surface area contributed by atoms with Crippen LogP contribution in [0.2, 0.25) is 0 Å². The number of nitrogens with two attached hydrogens (primary N) is 1. The van der Waals surface area contributed by atoms with E-state index in [2.05, 4.69) is 47.9 Å². The van der Waals surface area contributed by atoms with Gasteiger partial charge in [-0.2, -0.15) is 0 Å². The lowest BCUT2D eigenvalue weighted by molar-refractivity contribution is 0.1000. The van der Waals surface area contributed by atoms with Crippen LogP contribution in [0.3, 0.4) is 0 Å². The first-order valence-corrected chi connectivity index (χ1v) is 11.4. The lowest BCUT2D eigenvalue weighted by Gasteiger charge is -2.13. The largest absolute Gasteiger partial charge is 0.508 e. The van der Waals surface area contributed by atoms with E-state index < -0.39 is 5.91 Å². The van der Waals surface area contributed by atoms with Gasteiger partial charge < -0.3 is 15.4 Å². The summed E-state index contributed by atoms with van der Waals surface area (Å²) in [5, 5.41) is 9.56. The molecule has 0 fully saturated rings. The van der Waals surface area contributed by atoms with Crippen molar-refractivity contribution in [3.8, 4) is 28.0 Å². The molecule has 0 spiro atoms. The van der Waals surface area contributed by atoms with Gasteiger partial charge in [-0.15, -0.1) is 0 Å². The highest BCUT2D eigenvalue weighted by atomic mass is 16.3. The minimum Gasteiger partial charge on any atom is -0.508 e. The van der Waals surface area contributed by atoms with E-state index in [1.165, 1.54) is 0 Å². The predicted octanol–water partition coefficient (Wildman–Crippen LogP) is 6.13. The number of nitrogens with zero attached hydrogens (tertiary/aromatic N) is 1. The molecule has 33 heavy (non-hydrogen) atoms. The van der Waals surface area contributed by atoms with Gasteiger partial charge >= 0.3 is 0 Å². The molecular weight excluding hydrogens is 408 g/mol. The van der Waals surface area contributed by atoms with E-state index in [0.29, 0.717) is 5.56 Å². The molecular formula is C29H30N2O2. The van der Waals surface area contributed by atoms with E-state index in [1.54, 1.807) is 12.1 Å². The number of aryl methyl sites for hydroxylation is 1. The molecule has 0 bridgehead atoms. The van der Waals surface area contributed by atoms with Crippen molar-refractivity contribution in [3.05, 3.63) is 101 Å². The second-order valence-corrected chi connectivity index (χ2v) is 8.41. The maximum atomic E-state index is 12.6. The van der Waals surface area contributed by atoms with Gasteiger partial charge in [0.25, 0.3) is 5.91 Å². The molecule has 0 atom stereocenters. The fourth-order valence-corrected chi connectivity index (χ4v) is 4.57. The number of hydrogen-bond donors (Lipinski definition) is 2. The summed E-state index contributed by atoms with van der Waals surface area (Å²) in [5.41, 5.74) is 14.0. The summed E-state index contributed by atoms with van der Waals surface area (Å²) < 4.78 is 2.25. The van der Waals surface area contributed by atoms with Crippen molar-refractivity contribution in [2.75, 3.05) is 0 Å². The van der Waals surface area contributed by atoms with Crippen molar-refractivity contribution < 1.29 is 9.90 Å². The number of phenols is 1. The van der Waals surface area contributed by atoms with Gasteiger partial charge in [0.05, 0.1) is 5.56 Å². The van der Waals surface area contributed by atoms with Crippen molar-refractivity contribution in [1.82, 2.24) is 4.57 Å². The Kier molecular flexibility index (Phi) is 6.64. The lowest BCUT2D eigenvalue weighted by atomic mass is 9.96. The number of phenolic OH excluding ortho intramolecular Hbond substituents is 1. The molecule has 4 rings (SSSR count). The minimum absolute atomic E-state index is 0.264. The summed E-state index contributed by atoms with van der Waals surface area (Å²) in [6.07, 6.45) is 2.63. The highest BCUT2D eigenvalue weighted by Gasteiger charge is 2.24. The summed E-state index contributed by atoms with van der Waals surface area (Å²) in [6, 6.07) is 25.9. The molecule has 3 N–H and O–H groups in total. The monoisotopic (exact) mass is 438 g/mol. The standard InChI is InChI=1S/C29H30N2O2/c1-3-7-26-28(24-14-12-23(13-15-24)22-8-5-4-6-9-22)27(29(30)33)20(2)31(26)19-18-21-10-16-25(32)17-11-21/h4-6,8-17,32H,3,7,18-19H2,1-2H3,(H2,30,33). The third kappa shape index (κ3) is 4.70. The third-order valence-electron chi connectivity index (χ3n) is 6.21. The van der Waals surface area contributed by atoms with Gasteiger partial charge in [-0.05, 0) is 54.2 Å². The Bertz CT molecular complexity index is 1240. The van der Waals surface area contributed by atoms with Crippen molar-refractivity contribution >= 4 is 5.91 Å². The zero-order valence-corrected chi connectivity index (χ0v) is 19.2. The Hall–Kier alpha value is -3.79. The fraction of sp³-hybridized carbons (Fsp3) is 0.207. The Morgan fingerprint density at radius 1 is 0.848 bits per heavy atom. The number of primary amides is 1. The zero-order valence-electron chi connectivity index (χ0n) is 19.2. The second kappa shape index (κ2) is 9.78. The van der Waals surface area contributed by atoms with Crippen LogP contribution in [0.4, 0.5) is 0 Å². The Morgan fingerprint density at radius 2 is 1.45 bits per heavy atom. The molecule has 1 aromatic heterocycles. The molecule has 0 unspecified atom stereocenters. The Balaban J connectivity index is 1.75. The third-order valence-corrected chi connectivity index (χ3v) is 6.21. The number of rotatable bonds is 8. The molecule has 1 heterocycles. The number of amides is 1. The predicted molar refractivity (Wildman–Crippen MR) is 134 cm³/mol. The van der Waals surface area contributed by atoms with E-state index in [0.717, 1.165) is 65.0 Å². The van der Waals surface area contributed by atoms with Crippen LogP contribution in [0.5, 0.6) is 5.75 Å². The summed E-state index contributed by atoms with van der Waals surface area (Å²) in [7, 11) is 0. The molecule has 4 heteroatoms. The van der Waals surface area contributed by atoms with Crippen LogP contribution in [-0.2, 0) is 19.4 Å². The van der Waals surface area contributed by atoms with E-state index in [9.17, 15) is 9.90 Å². The van der Waals surface area contributed by atoms with Gasteiger partial charge in [0.2, 0.25) is 0 Å². The highest BCUT2D eigenvalue weighted by molar-refractivity contribution is 6.02. The average Bonchev–Trinajstić information content (AvgIpc) is 3.11. The van der Waals surface area contributed by atoms with Crippen LogP contribution in [0.1, 0.15) is 40.7 Å². The number of aromatic nitrogens is 1. The van der Waals surface area contributed by atoms with Gasteiger partial charge in [0.15, 0.2) is 0 Å². The molecule has 0 aliphatic carbocycles. The number of benzene rings is 3. The minimum atomic E-state index is -0.393. The molecule has 0 aliphatic rings. The smallest absolute Gasteiger partial charge is 0.251 e. The van der Waals surface area contributed by atoms with Crippen molar-refractivity contribution in [3.63, 3.8) is 0 Å². The summed E-state index contributed by atoms with van der Waals surface area (Å²) in [5.74, 6) is -0.129. The first-order valence-electron chi connectivity index (χ1n) is 11.4. The lowest BCUT2D eigenvalue weighted by Crippen LogP contribution is -2.14. The van der Waals surface area contributed by atoms with Gasteiger partial charge in [0.1, 0.15) is 5.75 Å². The van der Waals surface area contributed by atoms with Crippen LogP contribution in [0.25, 0.3) is 22.3 Å². The van der Waals surface area contributed by atoms with Gasteiger partial charge in [-0.25, -0.2) is 0 Å². The first kappa shape index (κ1) is 22.4. The van der Waals surface area contributed by atoms with Crippen LogP contribution in [0, 0.1) is 6.92 Å². The number of carbonyl (C=O) groups excluding carboxylic acids is 1. The maximum Gasteiger partial charge on any atom is 0.251 e. The normalized spacial score (nSPS) is 11.0. The van der Waals surface area contributed by atoms with E-state index in [4.69, 9.17) is 5.73 Å². The van der Waals surface area contributed by atoms with Crippen LogP contribution in [-0.4, -0.2) is 15.6 Å². The van der Waals surface area contributed by atoms with E-state index >= 15 is 0 Å². The SMILES string of the molecule is CCCc1c(-c2ccc(-c3ccccc3)cc2)c(C(N)=O)c(C)n1CCc1ccc(O)cc1. The average molecular weight is 439 g/mol. The van der Waals surface area contributed by atoms with E-state index in [1.807, 2.05) is 37.3 Å². The molecule has 3 aromatic carbocycles. The molecule has 0 saturated carbocycles. The topological polar surface area (TPSA) is 68.2 Å². The molecule has 168 valence electrons. The van der Waals surface area contributed by atoms with Crippen molar-refractivity contribution in [2.45, 2.75) is 39.7 Å². The first-order chi connectivity index (χ1) is 16.0. The van der Waals surface area contributed by atoms with E-state index in [-0.39, 0.29) is 5.75 Å². The summed E-state index contributed by atoms with van der Waals surface area (Å²) in [6.45, 7) is 4.88. The molecule has 4 aromatic rings. The Labute approximate surface area is 195 Å². The Morgan fingerprint density at radius 3 is 2.06 bits per heavy atom. The highest BCUT2D eigenvalue weighted by Crippen LogP contribution is 2.35. The van der Waals surface area contributed by atoms with Gasteiger partial charge in [0, 0.05) is 23.5 Å². The number of carbonyl (C=O) groups is 1. The van der Waals surface area contributed by atoms with Crippen molar-refractivity contribution in [2.24, 2.45) is 5.73 Å². The second-order valence-electron chi connectivity index (χ2n) is 8.41. The van der Waals surface area contributed by atoms with Gasteiger partial charge in [-0.3, -0.25) is 4.79 Å². The molecule has 4 nitrogen and oxygen atoms in total. The molecule has 0 saturated heterocycles. The quantitative estimate of drug-likeness (QED) is 0.347. The van der Waals surface area contributed by atoms with Gasteiger partial charge in [-0.1, -0.05) is 80.1 Å².